The average Bonchev–Trinajstić information content (AvgIpc) is 2.39. The van der Waals surface area contributed by atoms with E-state index in [-0.39, 0.29) is 12.0 Å². The number of piperazine rings is 1. The van der Waals surface area contributed by atoms with E-state index in [1.54, 1.807) is 0 Å². The molecular formula is C13H24N2O3. The van der Waals surface area contributed by atoms with E-state index in [9.17, 15) is 4.79 Å². The van der Waals surface area contributed by atoms with Gasteiger partial charge in [0.05, 0.1) is 12.7 Å². The minimum absolute atomic E-state index is 0.0937. The summed E-state index contributed by atoms with van der Waals surface area (Å²) >= 11 is 0. The zero-order valence-corrected chi connectivity index (χ0v) is 11.4. The fourth-order valence-corrected chi connectivity index (χ4v) is 2.89. The van der Waals surface area contributed by atoms with Crippen molar-refractivity contribution in [1.82, 2.24) is 10.2 Å². The molecule has 0 spiro atoms. The maximum Gasteiger partial charge on any atom is 0.324 e. The summed E-state index contributed by atoms with van der Waals surface area (Å²) < 4.78 is 10.8. The van der Waals surface area contributed by atoms with Gasteiger partial charge >= 0.3 is 5.97 Å². The van der Waals surface area contributed by atoms with Crippen LogP contribution in [0.3, 0.4) is 0 Å². The molecule has 2 heterocycles. The maximum absolute atomic E-state index is 12.0. The lowest BCUT2D eigenvalue weighted by Crippen LogP contribution is -2.60. The summed E-state index contributed by atoms with van der Waals surface area (Å²) in [4.78, 5) is 14.3. The van der Waals surface area contributed by atoms with Gasteiger partial charge in [-0.3, -0.25) is 9.69 Å². The summed E-state index contributed by atoms with van der Waals surface area (Å²) in [6.07, 6.45) is 2.32. The smallest absolute Gasteiger partial charge is 0.324 e. The van der Waals surface area contributed by atoms with Gasteiger partial charge in [0, 0.05) is 32.3 Å². The summed E-state index contributed by atoms with van der Waals surface area (Å²) in [6.45, 7) is 7.77. The van der Waals surface area contributed by atoms with Crippen LogP contribution in [0.25, 0.3) is 0 Å². The topological polar surface area (TPSA) is 50.8 Å². The molecule has 18 heavy (non-hydrogen) atoms. The highest BCUT2D eigenvalue weighted by molar-refractivity contribution is 5.76. The molecule has 0 aliphatic carbocycles. The molecule has 0 amide bonds. The fourth-order valence-electron chi connectivity index (χ4n) is 2.89. The maximum atomic E-state index is 12.0. The first-order valence-corrected chi connectivity index (χ1v) is 6.97. The SMILES string of the molecule is CCOC(=O)C1CNCCN1C1CCOC(C)C1. The molecule has 2 saturated heterocycles. The third-order valence-electron chi connectivity index (χ3n) is 3.77. The second kappa shape index (κ2) is 6.50. The quantitative estimate of drug-likeness (QED) is 0.740. The van der Waals surface area contributed by atoms with Crippen LogP contribution < -0.4 is 5.32 Å². The van der Waals surface area contributed by atoms with Gasteiger partial charge in [-0.2, -0.15) is 0 Å². The summed E-state index contributed by atoms with van der Waals surface area (Å²) in [5.74, 6) is -0.0937. The molecule has 2 aliphatic rings. The Morgan fingerprint density at radius 2 is 2.39 bits per heavy atom. The van der Waals surface area contributed by atoms with Gasteiger partial charge in [0.1, 0.15) is 6.04 Å². The van der Waals surface area contributed by atoms with Gasteiger partial charge in [-0.05, 0) is 26.7 Å². The molecular weight excluding hydrogens is 232 g/mol. The van der Waals surface area contributed by atoms with Crippen LogP contribution in [0.15, 0.2) is 0 Å². The number of nitrogens with one attached hydrogen (secondary N) is 1. The van der Waals surface area contributed by atoms with E-state index < -0.39 is 0 Å². The Hall–Kier alpha value is -0.650. The first-order chi connectivity index (χ1) is 8.72. The highest BCUT2D eigenvalue weighted by Crippen LogP contribution is 2.22. The molecule has 3 atom stereocenters. The summed E-state index contributed by atoms with van der Waals surface area (Å²) in [5, 5.41) is 3.28. The molecule has 2 aliphatic heterocycles. The number of carbonyl (C=O) groups is 1. The van der Waals surface area contributed by atoms with Gasteiger partial charge in [-0.15, -0.1) is 0 Å². The average molecular weight is 256 g/mol. The number of ether oxygens (including phenoxy) is 2. The molecule has 0 aromatic heterocycles. The molecule has 0 aromatic rings. The van der Waals surface area contributed by atoms with Crippen molar-refractivity contribution in [3.8, 4) is 0 Å². The van der Waals surface area contributed by atoms with Crippen molar-refractivity contribution < 1.29 is 14.3 Å². The minimum atomic E-state index is -0.131. The van der Waals surface area contributed by atoms with Crippen molar-refractivity contribution in [1.29, 1.82) is 0 Å². The van der Waals surface area contributed by atoms with Crippen LogP contribution in [-0.4, -0.2) is 61.9 Å². The zero-order chi connectivity index (χ0) is 13.0. The highest BCUT2D eigenvalue weighted by atomic mass is 16.5. The second-order valence-corrected chi connectivity index (χ2v) is 5.07. The van der Waals surface area contributed by atoms with Crippen molar-refractivity contribution in [2.45, 2.75) is 44.9 Å². The van der Waals surface area contributed by atoms with Crippen LogP contribution >= 0.6 is 0 Å². The predicted molar refractivity (Wildman–Crippen MR) is 68.4 cm³/mol. The largest absolute Gasteiger partial charge is 0.465 e. The van der Waals surface area contributed by atoms with Gasteiger partial charge in [0.15, 0.2) is 0 Å². The summed E-state index contributed by atoms with van der Waals surface area (Å²) in [5.41, 5.74) is 0. The Bertz CT molecular complexity index is 285. The molecule has 0 bridgehead atoms. The Morgan fingerprint density at radius 1 is 1.56 bits per heavy atom. The molecule has 5 heteroatoms. The van der Waals surface area contributed by atoms with E-state index in [2.05, 4.69) is 17.1 Å². The molecule has 0 aromatic carbocycles. The van der Waals surface area contributed by atoms with Gasteiger partial charge in [-0.25, -0.2) is 0 Å². The Labute approximate surface area is 109 Å². The standard InChI is InChI=1S/C13H24N2O3/c1-3-17-13(16)12-9-14-5-6-15(12)11-4-7-18-10(2)8-11/h10-12,14H,3-9H2,1-2H3. The fraction of sp³-hybridized carbons (Fsp3) is 0.923. The van der Waals surface area contributed by atoms with Crippen LogP contribution in [0, 0.1) is 0 Å². The molecule has 2 rings (SSSR count). The van der Waals surface area contributed by atoms with Crippen LogP contribution in [0.1, 0.15) is 26.7 Å². The van der Waals surface area contributed by atoms with Gasteiger partial charge in [-0.1, -0.05) is 0 Å². The molecule has 0 saturated carbocycles. The van der Waals surface area contributed by atoms with Gasteiger partial charge < -0.3 is 14.8 Å². The van der Waals surface area contributed by atoms with Crippen LogP contribution in [0.4, 0.5) is 0 Å². The highest BCUT2D eigenvalue weighted by Gasteiger charge is 2.36. The van der Waals surface area contributed by atoms with Crippen molar-refractivity contribution >= 4 is 5.97 Å². The Balaban J connectivity index is 2.00. The lowest BCUT2D eigenvalue weighted by atomic mass is 9.99. The summed E-state index contributed by atoms with van der Waals surface area (Å²) in [7, 11) is 0. The predicted octanol–water partition coefficient (Wildman–Crippen LogP) is 0.391. The molecule has 0 radical (unpaired) electrons. The van der Waals surface area contributed by atoms with Gasteiger partial charge in [0.25, 0.3) is 0 Å². The molecule has 3 unspecified atom stereocenters. The Morgan fingerprint density at radius 3 is 3.11 bits per heavy atom. The first-order valence-electron chi connectivity index (χ1n) is 6.97. The van der Waals surface area contributed by atoms with Crippen LogP contribution in [-0.2, 0) is 14.3 Å². The first kappa shape index (κ1) is 13.8. The van der Waals surface area contributed by atoms with Crippen molar-refractivity contribution in [3.63, 3.8) is 0 Å². The number of esters is 1. The number of hydrogen-bond acceptors (Lipinski definition) is 5. The number of rotatable bonds is 3. The third-order valence-corrected chi connectivity index (χ3v) is 3.77. The van der Waals surface area contributed by atoms with Gasteiger partial charge in [0.2, 0.25) is 0 Å². The third kappa shape index (κ3) is 3.22. The summed E-state index contributed by atoms with van der Waals surface area (Å²) in [6, 6.07) is 0.319. The van der Waals surface area contributed by atoms with E-state index in [1.807, 2.05) is 6.92 Å². The lowest BCUT2D eigenvalue weighted by molar-refractivity contribution is -0.153. The van der Waals surface area contributed by atoms with E-state index in [4.69, 9.17) is 9.47 Å². The molecule has 5 nitrogen and oxygen atoms in total. The lowest BCUT2D eigenvalue weighted by Gasteiger charge is -2.42. The number of nitrogens with zero attached hydrogens (tertiary/aromatic N) is 1. The van der Waals surface area contributed by atoms with E-state index in [0.717, 1.165) is 32.5 Å². The number of carbonyl (C=O) groups excluding carboxylic acids is 1. The van der Waals surface area contributed by atoms with E-state index in [0.29, 0.717) is 25.3 Å². The van der Waals surface area contributed by atoms with E-state index >= 15 is 0 Å². The van der Waals surface area contributed by atoms with E-state index in [1.165, 1.54) is 0 Å². The Kier molecular flexibility index (Phi) is 4.97. The van der Waals surface area contributed by atoms with Crippen molar-refractivity contribution in [2.75, 3.05) is 32.8 Å². The number of hydrogen-bond donors (Lipinski definition) is 1. The molecule has 2 fully saturated rings. The monoisotopic (exact) mass is 256 g/mol. The molecule has 104 valence electrons. The zero-order valence-electron chi connectivity index (χ0n) is 11.4. The molecule has 1 N–H and O–H groups in total. The van der Waals surface area contributed by atoms with Crippen LogP contribution in [0.5, 0.6) is 0 Å². The minimum Gasteiger partial charge on any atom is -0.465 e. The normalized spacial score (nSPS) is 34.2. The van der Waals surface area contributed by atoms with Crippen molar-refractivity contribution in [3.05, 3.63) is 0 Å². The second-order valence-electron chi connectivity index (χ2n) is 5.07. The van der Waals surface area contributed by atoms with Crippen molar-refractivity contribution in [2.24, 2.45) is 0 Å². The van der Waals surface area contributed by atoms with Crippen LogP contribution in [0.2, 0.25) is 0 Å².